The molecule has 0 radical (unpaired) electrons. The normalized spacial score (nSPS) is 10.3. The summed E-state index contributed by atoms with van der Waals surface area (Å²) in [5.41, 5.74) is -0.0577. The fourth-order valence-corrected chi connectivity index (χ4v) is 1.26. The van der Waals surface area contributed by atoms with Gasteiger partial charge in [0.15, 0.2) is 6.29 Å². The summed E-state index contributed by atoms with van der Waals surface area (Å²) in [5.74, 6) is -2.48. The van der Waals surface area contributed by atoms with Crippen molar-refractivity contribution in [1.82, 2.24) is 5.32 Å². The van der Waals surface area contributed by atoms with Crippen LogP contribution in [0.2, 0.25) is 0 Å². The molecule has 1 aromatic carbocycles. The molecular formula is C12H15FN2O4. The zero-order valence-electron chi connectivity index (χ0n) is 10.6. The number of hydrogen-bond acceptors (Lipinski definition) is 4. The van der Waals surface area contributed by atoms with Gasteiger partial charge in [-0.05, 0) is 12.1 Å². The highest BCUT2D eigenvalue weighted by atomic mass is 19.1. The number of carbonyl (C=O) groups excluding carboxylic acids is 2. The standard InChI is InChI=1S/C12H15FN2O4/c1-18-10(19-2)7-14-11(16)12(17)15-9-6-4-3-5-8(9)13/h3-6,10H,7H2,1-2H3,(H,14,16)(H,15,17). The highest BCUT2D eigenvalue weighted by molar-refractivity contribution is 6.39. The molecule has 0 aliphatic rings. The van der Waals surface area contributed by atoms with Crippen molar-refractivity contribution in [2.45, 2.75) is 6.29 Å². The van der Waals surface area contributed by atoms with Gasteiger partial charge in [0.1, 0.15) is 5.82 Å². The number of amides is 2. The van der Waals surface area contributed by atoms with Crippen molar-refractivity contribution in [3.63, 3.8) is 0 Å². The van der Waals surface area contributed by atoms with E-state index in [-0.39, 0.29) is 12.2 Å². The molecule has 0 fully saturated rings. The van der Waals surface area contributed by atoms with E-state index >= 15 is 0 Å². The molecule has 6 nitrogen and oxygen atoms in total. The molecule has 0 saturated heterocycles. The summed E-state index contributed by atoms with van der Waals surface area (Å²) < 4.78 is 22.9. The third kappa shape index (κ3) is 4.65. The maximum absolute atomic E-state index is 13.3. The first-order valence-corrected chi connectivity index (χ1v) is 5.47. The van der Waals surface area contributed by atoms with Crippen molar-refractivity contribution >= 4 is 17.5 Å². The van der Waals surface area contributed by atoms with Crippen molar-refractivity contribution < 1.29 is 23.5 Å². The molecule has 0 aliphatic carbocycles. The summed E-state index contributed by atoms with van der Waals surface area (Å²) in [6.07, 6.45) is -0.648. The van der Waals surface area contributed by atoms with E-state index in [0.717, 1.165) is 0 Å². The van der Waals surface area contributed by atoms with Crippen LogP contribution >= 0.6 is 0 Å². The zero-order chi connectivity index (χ0) is 14.3. The largest absolute Gasteiger partial charge is 0.354 e. The molecule has 1 rings (SSSR count). The Kier molecular flexibility index (Phi) is 5.91. The molecule has 19 heavy (non-hydrogen) atoms. The van der Waals surface area contributed by atoms with E-state index in [2.05, 4.69) is 10.6 Å². The Morgan fingerprint density at radius 1 is 1.21 bits per heavy atom. The van der Waals surface area contributed by atoms with Gasteiger partial charge in [0.05, 0.1) is 12.2 Å². The number of nitrogens with one attached hydrogen (secondary N) is 2. The monoisotopic (exact) mass is 270 g/mol. The number of hydrogen-bond donors (Lipinski definition) is 2. The number of para-hydroxylation sites is 1. The number of benzene rings is 1. The number of methoxy groups -OCH3 is 2. The molecule has 104 valence electrons. The molecule has 0 atom stereocenters. The third-order valence-corrected chi connectivity index (χ3v) is 2.28. The van der Waals surface area contributed by atoms with E-state index in [1.807, 2.05) is 0 Å². The van der Waals surface area contributed by atoms with Gasteiger partial charge >= 0.3 is 11.8 Å². The Morgan fingerprint density at radius 3 is 2.42 bits per heavy atom. The summed E-state index contributed by atoms with van der Waals surface area (Å²) in [5, 5.41) is 4.46. The smallest absolute Gasteiger partial charge is 0.313 e. The molecule has 0 spiro atoms. The topological polar surface area (TPSA) is 76.7 Å². The van der Waals surface area contributed by atoms with E-state index in [4.69, 9.17) is 9.47 Å². The highest BCUT2D eigenvalue weighted by Crippen LogP contribution is 2.11. The minimum atomic E-state index is -0.962. The van der Waals surface area contributed by atoms with Gasteiger partial charge in [-0.2, -0.15) is 0 Å². The lowest BCUT2D eigenvalue weighted by molar-refractivity contribution is -0.139. The van der Waals surface area contributed by atoms with Gasteiger partial charge in [-0.1, -0.05) is 12.1 Å². The number of anilines is 1. The van der Waals surface area contributed by atoms with Crippen molar-refractivity contribution in [3.8, 4) is 0 Å². The second-order valence-electron chi connectivity index (χ2n) is 3.54. The van der Waals surface area contributed by atoms with Crippen LogP contribution in [0.15, 0.2) is 24.3 Å². The van der Waals surface area contributed by atoms with E-state index in [0.29, 0.717) is 0 Å². The first-order chi connectivity index (χ1) is 9.08. The van der Waals surface area contributed by atoms with Crippen molar-refractivity contribution in [2.24, 2.45) is 0 Å². The van der Waals surface area contributed by atoms with Crippen LogP contribution in [0.5, 0.6) is 0 Å². The molecule has 0 aromatic heterocycles. The average Bonchev–Trinajstić information content (AvgIpc) is 2.42. The number of ether oxygens (including phenoxy) is 2. The summed E-state index contributed by atoms with van der Waals surface area (Å²) >= 11 is 0. The highest BCUT2D eigenvalue weighted by Gasteiger charge is 2.16. The quantitative estimate of drug-likeness (QED) is 0.603. The lowest BCUT2D eigenvalue weighted by Gasteiger charge is -2.13. The second-order valence-corrected chi connectivity index (χ2v) is 3.54. The molecule has 0 bridgehead atoms. The van der Waals surface area contributed by atoms with Crippen LogP contribution in [-0.2, 0) is 19.1 Å². The Hall–Kier alpha value is -1.99. The molecular weight excluding hydrogens is 255 g/mol. The first-order valence-electron chi connectivity index (χ1n) is 5.47. The van der Waals surface area contributed by atoms with Gasteiger partial charge in [-0.25, -0.2) is 4.39 Å². The summed E-state index contributed by atoms with van der Waals surface area (Å²) in [6, 6.07) is 5.56. The van der Waals surface area contributed by atoms with Crippen molar-refractivity contribution in [3.05, 3.63) is 30.1 Å². The predicted molar refractivity (Wildman–Crippen MR) is 65.8 cm³/mol. The molecule has 1 aromatic rings. The Bertz CT molecular complexity index is 449. The van der Waals surface area contributed by atoms with Gasteiger partial charge in [-0.3, -0.25) is 9.59 Å². The molecule has 2 amide bonds. The maximum atomic E-state index is 13.3. The summed E-state index contributed by atoms with van der Waals surface area (Å²) in [6.45, 7) is 0.0104. The van der Waals surface area contributed by atoms with Gasteiger partial charge < -0.3 is 20.1 Å². The minimum Gasteiger partial charge on any atom is -0.354 e. The van der Waals surface area contributed by atoms with Gasteiger partial charge in [0, 0.05) is 14.2 Å². The second kappa shape index (κ2) is 7.45. The SMILES string of the molecule is COC(CNC(=O)C(=O)Nc1ccccc1F)OC. The summed E-state index contributed by atoms with van der Waals surface area (Å²) in [4.78, 5) is 22.9. The molecule has 7 heteroatoms. The van der Waals surface area contributed by atoms with Crippen LogP contribution in [-0.4, -0.2) is 38.9 Å². The van der Waals surface area contributed by atoms with Gasteiger partial charge in [-0.15, -0.1) is 0 Å². The van der Waals surface area contributed by atoms with Crippen LogP contribution in [0.25, 0.3) is 0 Å². The Morgan fingerprint density at radius 2 is 1.84 bits per heavy atom. The lowest BCUT2D eigenvalue weighted by Crippen LogP contribution is -2.40. The molecule has 0 heterocycles. The van der Waals surface area contributed by atoms with Crippen LogP contribution in [0.4, 0.5) is 10.1 Å². The fraction of sp³-hybridized carbons (Fsp3) is 0.333. The van der Waals surface area contributed by atoms with Crippen LogP contribution in [0, 0.1) is 5.82 Å². The zero-order valence-corrected chi connectivity index (χ0v) is 10.6. The van der Waals surface area contributed by atoms with Gasteiger partial charge in [0.2, 0.25) is 0 Å². The minimum absolute atomic E-state index is 0.0104. The Labute approximate surface area is 109 Å². The molecule has 0 unspecified atom stereocenters. The van der Waals surface area contributed by atoms with Crippen molar-refractivity contribution in [2.75, 3.05) is 26.1 Å². The number of halogens is 1. The number of carbonyl (C=O) groups is 2. The maximum Gasteiger partial charge on any atom is 0.313 e. The molecule has 2 N–H and O–H groups in total. The first kappa shape index (κ1) is 15.1. The Balaban J connectivity index is 2.50. The molecule has 0 aliphatic heterocycles. The lowest BCUT2D eigenvalue weighted by atomic mass is 10.3. The van der Waals surface area contributed by atoms with Crippen LogP contribution < -0.4 is 10.6 Å². The van der Waals surface area contributed by atoms with E-state index in [9.17, 15) is 14.0 Å². The van der Waals surface area contributed by atoms with Crippen LogP contribution in [0.3, 0.4) is 0 Å². The van der Waals surface area contributed by atoms with E-state index < -0.39 is 23.9 Å². The number of rotatable bonds is 5. The van der Waals surface area contributed by atoms with Crippen molar-refractivity contribution in [1.29, 1.82) is 0 Å². The average molecular weight is 270 g/mol. The van der Waals surface area contributed by atoms with Crippen LogP contribution in [0.1, 0.15) is 0 Å². The predicted octanol–water partition coefficient (Wildman–Crippen LogP) is 0.499. The van der Waals surface area contributed by atoms with Gasteiger partial charge in [0.25, 0.3) is 0 Å². The third-order valence-electron chi connectivity index (χ3n) is 2.28. The molecule has 0 saturated carbocycles. The van der Waals surface area contributed by atoms with E-state index in [1.165, 1.54) is 32.4 Å². The fourth-order valence-electron chi connectivity index (χ4n) is 1.26. The summed E-state index contributed by atoms with van der Waals surface area (Å²) in [7, 11) is 2.81. The van der Waals surface area contributed by atoms with E-state index in [1.54, 1.807) is 6.07 Å².